The molecule has 0 radical (unpaired) electrons. The Morgan fingerprint density at radius 3 is 1.91 bits per heavy atom. The van der Waals surface area contributed by atoms with Crippen LogP contribution in [0.5, 0.6) is 0 Å². The number of unbranched alkanes of at least 4 members (excludes halogenated alkanes) is 3. The van der Waals surface area contributed by atoms with Crippen LogP contribution in [0.2, 0.25) is 13.3 Å². The summed E-state index contributed by atoms with van der Waals surface area (Å²) in [7, 11) is 0. The number of hydrogen-bond donors (Lipinski definition) is 0. The number of hydrogen-bond acceptors (Lipinski definition) is 3. The molecule has 0 aromatic carbocycles. The van der Waals surface area contributed by atoms with Crippen molar-refractivity contribution in [2.45, 2.75) is 79.5 Å². The standard InChI is InChI=1S/C7H7O2S.3C4H9.Sn/c1-2-9-7(8)6-4-3-5-10-6;3*1-3-4-2;/h3-4H,2H2,1H3;3*1,3-4H2,2H3;. The van der Waals surface area contributed by atoms with Crippen LogP contribution in [0.3, 0.4) is 0 Å². The van der Waals surface area contributed by atoms with Gasteiger partial charge in [0.1, 0.15) is 0 Å². The number of thiophene rings is 1. The van der Waals surface area contributed by atoms with Gasteiger partial charge in [-0.3, -0.25) is 0 Å². The molecule has 0 aliphatic rings. The molecule has 4 heteroatoms. The molecule has 0 N–H and O–H groups in total. The number of rotatable bonds is 12. The molecule has 0 amide bonds. The van der Waals surface area contributed by atoms with E-state index in [4.69, 9.17) is 4.74 Å². The molecule has 0 unspecified atom stereocenters. The molecule has 0 bridgehead atoms. The van der Waals surface area contributed by atoms with E-state index in [0.717, 1.165) is 4.88 Å². The SMILES string of the molecule is CCC[CH2][Sn]([CH2]CCC)([CH2]CCC)[c]1ccc(C(=O)OCC)s1. The summed E-state index contributed by atoms with van der Waals surface area (Å²) in [5.74, 6) is -0.134. The van der Waals surface area contributed by atoms with E-state index < -0.39 is 18.4 Å². The van der Waals surface area contributed by atoms with Crippen LogP contribution >= 0.6 is 11.3 Å². The number of carbonyl (C=O) groups is 1. The first-order valence-corrected chi connectivity index (χ1v) is 17.7. The predicted molar refractivity (Wildman–Crippen MR) is 105 cm³/mol. The van der Waals surface area contributed by atoms with Gasteiger partial charge in [-0.15, -0.1) is 0 Å². The monoisotopic (exact) mass is 446 g/mol. The Hall–Kier alpha value is -0.0313. The zero-order valence-corrected chi connectivity index (χ0v) is 19.1. The van der Waals surface area contributed by atoms with E-state index >= 15 is 0 Å². The molecule has 0 atom stereocenters. The number of ether oxygens (including phenoxy) is 1. The van der Waals surface area contributed by atoms with Crippen molar-refractivity contribution in [2.24, 2.45) is 0 Å². The van der Waals surface area contributed by atoms with Gasteiger partial charge in [-0.1, -0.05) is 0 Å². The maximum atomic E-state index is 12.0. The quantitative estimate of drug-likeness (QED) is 0.292. The third-order valence-corrected chi connectivity index (χ3v) is 24.0. The van der Waals surface area contributed by atoms with Crippen molar-refractivity contribution < 1.29 is 9.53 Å². The second-order valence-corrected chi connectivity index (χ2v) is 21.7. The van der Waals surface area contributed by atoms with Gasteiger partial charge >= 0.3 is 151 Å². The van der Waals surface area contributed by atoms with E-state index in [-0.39, 0.29) is 5.97 Å². The van der Waals surface area contributed by atoms with E-state index in [0.29, 0.717) is 6.61 Å². The zero-order chi connectivity index (χ0) is 17.1. The van der Waals surface area contributed by atoms with E-state index in [1.165, 1.54) is 51.8 Å². The summed E-state index contributed by atoms with van der Waals surface area (Å²) < 4.78 is 11.2. The van der Waals surface area contributed by atoms with Crippen LogP contribution in [-0.2, 0) is 4.74 Å². The molecule has 0 fully saturated rings. The van der Waals surface area contributed by atoms with E-state index in [1.54, 1.807) is 14.2 Å². The average Bonchev–Trinajstić information content (AvgIpc) is 3.05. The molecule has 1 heterocycles. The number of carbonyl (C=O) groups excluding carboxylic acids is 1. The third kappa shape index (κ3) is 6.41. The first-order chi connectivity index (χ1) is 11.1. The molecule has 0 aliphatic heterocycles. The second kappa shape index (κ2) is 11.5. The first-order valence-electron chi connectivity index (χ1n) is 9.40. The zero-order valence-electron chi connectivity index (χ0n) is 15.5. The molecule has 1 aromatic rings. The Bertz CT molecular complexity index is 434. The van der Waals surface area contributed by atoms with Gasteiger partial charge in [0, 0.05) is 0 Å². The second-order valence-electron chi connectivity index (χ2n) is 6.48. The van der Waals surface area contributed by atoms with Crippen LogP contribution in [0.15, 0.2) is 12.1 Å². The van der Waals surface area contributed by atoms with Crippen LogP contribution in [0.25, 0.3) is 0 Å². The summed E-state index contributed by atoms with van der Waals surface area (Å²) in [4.78, 5) is 12.9. The maximum absolute atomic E-state index is 12.0. The molecule has 1 rings (SSSR count). The van der Waals surface area contributed by atoms with Crippen molar-refractivity contribution in [3.63, 3.8) is 0 Å². The van der Waals surface area contributed by atoms with Crippen LogP contribution in [0, 0.1) is 0 Å². The fourth-order valence-electron chi connectivity index (χ4n) is 3.22. The van der Waals surface area contributed by atoms with Crippen molar-refractivity contribution in [2.75, 3.05) is 6.61 Å². The molecule has 2 nitrogen and oxygen atoms in total. The van der Waals surface area contributed by atoms with Gasteiger partial charge in [0.2, 0.25) is 0 Å². The normalized spacial score (nSPS) is 11.7. The van der Waals surface area contributed by atoms with Crippen LogP contribution in [-0.4, -0.2) is 31.0 Å². The van der Waals surface area contributed by atoms with Crippen molar-refractivity contribution >= 4 is 38.6 Å². The first kappa shape index (κ1) is 21.0. The number of esters is 1. The summed E-state index contributed by atoms with van der Waals surface area (Å²) in [5.41, 5.74) is 0. The van der Waals surface area contributed by atoms with Gasteiger partial charge in [0.05, 0.1) is 0 Å². The Kier molecular flexibility index (Phi) is 10.5. The van der Waals surface area contributed by atoms with Crippen LogP contribution in [0.4, 0.5) is 0 Å². The van der Waals surface area contributed by atoms with E-state index in [1.807, 2.05) is 13.0 Å². The minimum atomic E-state index is -2.36. The van der Waals surface area contributed by atoms with Crippen molar-refractivity contribution in [3.05, 3.63) is 17.0 Å². The van der Waals surface area contributed by atoms with Gasteiger partial charge in [0.25, 0.3) is 0 Å². The molecule has 1 aromatic heterocycles. The topological polar surface area (TPSA) is 26.3 Å². The Balaban J connectivity index is 3.06. The van der Waals surface area contributed by atoms with Gasteiger partial charge in [-0.25, -0.2) is 0 Å². The summed E-state index contributed by atoms with van der Waals surface area (Å²) in [6.07, 6.45) is 7.93. The molecule has 23 heavy (non-hydrogen) atoms. The third-order valence-electron chi connectivity index (χ3n) is 4.63. The average molecular weight is 445 g/mol. The summed E-state index contributed by atoms with van der Waals surface area (Å²) >= 11 is -0.601. The summed E-state index contributed by atoms with van der Waals surface area (Å²) in [6.45, 7) is 9.24. The van der Waals surface area contributed by atoms with E-state index in [2.05, 4.69) is 26.8 Å². The fraction of sp³-hybridized carbons (Fsp3) is 0.737. The Labute approximate surface area is 150 Å². The Morgan fingerprint density at radius 2 is 1.48 bits per heavy atom. The molecular weight excluding hydrogens is 411 g/mol. The Morgan fingerprint density at radius 1 is 0.957 bits per heavy atom. The van der Waals surface area contributed by atoms with Gasteiger partial charge in [0.15, 0.2) is 0 Å². The molecule has 0 saturated heterocycles. The van der Waals surface area contributed by atoms with Crippen molar-refractivity contribution in [1.29, 1.82) is 0 Å². The fourth-order valence-corrected chi connectivity index (χ4v) is 23.3. The minimum absolute atomic E-state index is 0.134. The molecule has 0 saturated carbocycles. The molecule has 0 aliphatic carbocycles. The molecular formula is C19H34O2SSn. The molecule has 0 spiro atoms. The predicted octanol–water partition coefficient (Wildman–Crippen LogP) is 5.98. The van der Waals surface area contributed by atoms with Gasteiger partial charge in [-0.2, -0.15) is 0 Å². The summed E-state index contributed by atoms with van der Waals surface area (Å²) in [6, 6.07) is 4.31. The van der Waals surface area contributed by atoms with Gasteiger partial charge < -0.3 is 0 Å². The molecule has 132 valence electrons. The van der Waals surface area contributed by atoms with Crippen LogP contribution in [0.1, 0.15) is 75.9 Å². The van der Waals surface area contributed by atoms with Gasteiger partial charge in [-0.05, 0) is 0 Å². The summed E-state index contributed by atoms with van der Waals surface area (Å²) in [5, 5.41) is 0. The van der Waals surface area contributed by atoms with Crippen LogP contribution < -0.4 is 2.89 Å². The van der Waals surface area contributed by atoms with E-state index in [9.17, 15) is 4.79 Å². The van der Waals surface area contributed by atoms with Crippen molar-refractivity contribution in [3.8, 4) is 0 Å². The van der Waals surface area contributed by atoms with Crippen molar-refractivity contribution in [1.82, 2.24) is 0 Å².